The van der Waals surface area contributed by atoms with Crippen LogP contribution in [0.25, 0.3) is 17.7 Å². The molecule has 0 unspecified atom stereocenters. The summed E-state index contributed by atoms with van der Waals surface area (Å²) in [6.45, 7) is 3.19. The highest BCUT2D eigenvalue weighted by molar-refractivity contribution is 5.94. The van der Waals surface area contributed by atoms with Crippen LogP contribution in [-0.2, 0) is 0 Å². The van der Waals surface area contributed by atoms with Crippen molar-refractivity contribution in [1.82, 2.24) is 5.32 Å². The van der Waals surface area contributed by atoms with E-state index >= 15 is 0 Å². The summed E-state index contributed by atoms with van der Waals surface area (Å²) in [7, 11) is 2.00. The average molecular weight is 275 g/mol. The maximum absolute atomic E-state index is 3.22. The van der Waals surface area contributed by atoms with E-state index in [2.05, 4.69) is 72.9 Å². The Morgan fingerprint density at radius 3 is 2.62 bits per heavy atom. The highest BCUT2D eigenvalue weighted by Gasteiger charge is 2.15. The molecule has 0 saturated heterocycles. The summed E-state index contributed by atoms with van der Waals surface area (Å²) in [6.07, 6.45) is 7.89. The molecule has 0 bridgehead atoms. The van der Waals surface area contributed by atoms with Crippen molar-refractivity contribution in [1.29, 1.82) is 0 Å². The summed E-state index contributed by atoms with van der Waals surface area (Å²) < 4.78 is 0. The van der Waals surface area contributed by atoms with E-state index in [1.807, 2.05) is 7.05 Å². The first kappa shape index (κ1) is 13.8. The lowest BCUT2D eigenvalue weighted by atomic mass is 9.91. The van der Waals surface area contributed by atoms with Crippen LogP contribution in [-0.4, -0.2) is 13.6 Å². The van der Waals surface area contributed by atoms with Crippen LogP contribution in [0.3, 0.4) is 0 Å². The molecule has 1 nitrogen and oxygen atoms in total. The number of rotatable bonds is 3. The van der Waals surface area contributed by atoms with Gasteiger partial charge < -0.3 is 5.32 Å². The second-order valence-electron chi connectivity index (χ2n) is 5.47. The predicted molar refractivity (Wildman–Crippen MR) is 92.2 cm³/mol. The molecule has 106 valence electrons. The van der Waals surface area contributed by atoms with Crippen LogP contribution < -0.4 is 5.32 Å². The van der Waals surface area contributed by atoms with Crippen LogP contribution in [0.4, 0.5) is 0 Å². The largest absolute Gasteiger partial charge is 0.319 e. The Hall–Kier alpha value is -2.12. The SMILES string of the molecule is CNCC/C=C1/c2ccccc2C=Cc2c(C)cccc21. The molecule has 1 aliphatic rings. The summed E-state index contributed by atoms with van der Waals surface area (Å²) in [5, 5.41) is 3.22. The van der Waals surface area contributed by atoms with Gasteiger partial charge in [0.05, 0.1) is 0 Å². The van der Waals surface area contributed by atoms with Crippen molar-refractivity contribution in [3.63, 3.8) is 0 Å². The molecule has 0 amide bonds. The Morgan fingerprint density at radius 2 is 1.76 bits per heavy atom. The molecule has 0 heterocycles. The van der Waals surface area contributed by atoms with E-state index in [1.54, 1.807) is 0 Å². The Morgan fingerprint density at radius 1 is 0.952 bits per heavy atom. The number of hydrogen-bond donors (Lipinski definition) is 1. The van der Waals surface area contributed by atoms with E-state index < -0.39 is 0 Å². The summed E-state index contributed by atoms with van der Waals surface area (Å²) in [5.74, 6) is 0. The van der Waals surface area contributed by atoms with Crippen molar-refractivity contribution in [2.75, 3.05) is 13.6 Å². The second-order valence-corrected chi connectivity index (χ2v) is 5.47. The van der Waals surface area contributed by atoms with Crippen LogP contribution in [0.15, 0.2) is 48.5 Å². The number of hydrogen-bond acceptors (Lipinski definition) is 1. The Labute approximate surface area is 127 Å². The van der Waals surface area contributed by atoms with Gasteiger partial charge in [-0.1, -0.05) is 60.7 Å². The van der Waals surface area contributed by atoms with Crippen LogP contribution in [0.2, 0.25) is 0 Å². The Kier molecular flexibility index (Phi) is 4.03. The normalized spacial score (nSPS) is 14.7. The molecule has 0 aliphatic heterocycles. The van der Waals surface area contributed by atoms with Crippen molar-refractivity contribution < 1.29 is 0 Å². The summed E-state index contributed by atoms with van der Waals surface area (Å²) in [5.41, 5.74) is 7.98. The minimum Gasteiger partial charge on any atom is -0.319 e. The first-order valence-corrected chi connectivity index (χ1v) is 7.53. The zero-order valence-electron chi connectivity index (χ0n) is 12.7. The number of fused-ring (bicyclic) bond motifs is 2. The molecule has 2 aromatic rings. The van der Waals surface area contributed by atoms with Gasteiger partial charge in [0.15, 0.2) is 0 Å². The molecule has 0 spiro atoms. The third-order valence-corrected chi connectivity index (χ3v) is 4.04. The quantitative estimate of drug-likeness (QED) is 0.693. The fourth-order valence-electron chi connectivity index (χ4n) is 2.92. The number of nitrogens with one attached hydrogen (secondary N) is 1. The molecule has 2 aromatic carbocycles. The van der Waals surface area contributed by atoms with E-state index in [0.717, 1.165) is 13.0 Å². The van der Waals surface area contributed by atoms with Crippen molar-refractivity contribution >= 4 is 17.7 Å². The van der Waals surface area contributed by atoms with Crippen molar-refractivity contribution in [3.05, 3.63) is 76.4 Å². The van der Waals surface area contributed by atoms with Gasteiger partial charge in [-0.2, -0.15) is 0 Å². The molecule has 1 heteroatoms. The van der Waals surface area contributed by atoms with Gasteiger partial charge in [0.2, 0.25) is 0 Å². The van der Waals surface area contributed by atoms with Crippen molar-refractivity contribution in [2.45, 2.75) is 13.3 Å². The minimum absolute atomic E-state index is 1.00. The van der Waals surface area contributed by atoms with E-state index in [4.69, 9.17) is 0 Å². The second kappa shape index (κ2) is 6.11. The topological polar surface area (TPSA) is 12.0 Å². The smallest absolute Gasteiger partial charge is 0.00169 e. The third-order valence-electron chi connectivity index (χ3n) is 4.04. The Balaban J connectivity index is 2.20. The van der Waals surface area contributed by atoms with Crippen LogP contribution in [0.5, 0.6) is 0 Å². The maximum Gasteiger partial charge on any atom is -0.00169 e. The van der Waals surface area contributed by atoms with Crippen LogP contribution >= 0.6 is 0 Å². The highest BCUT2D eigenvalue weighted by atomic mass is 14.8. The molecular formula is C20H21N. The zero-order chi connectivity index (χ0) is 14.7. The van der Waals surface area contributed by atoms with Gasteiger partial charge in [0, 0.05) is 0 Å². The Bertz CT molecular complexity index is 708. The van der Waals surface area contributed by atoms with E-state index in [0.29, 0.717) is 0 Å². The van der Waals surface area contributed by atoms with Crippen molar-refractivity contribution in [3.8, 4) is 0 Å². The summed E-state index contributed by atoms with van der Waals surface area (Å²) in [6, 6.07) is 15.2. The van der Waals surface area contributed by atoms with E-state index in [-0.39, 0.29) is 0 Å². The first-order valence-electron chi connectivity index (χ1n) is 7.53. The maximum atomic E-state index is 3.22. The van der Waals surface area contributed by atoms with Gasteiger partial charge in [0.1, 0.15) is 0 Å². The summed E-state index contributed by atoms with van der Waals surface area (Å²) in [4.78, 5) is 0. The molecule has 0 fully saturated rings. The summed E-state index contributed by atoms with van der Waals surface area (Å²) >= 11 is 0. The number of aryl methyl sites for hydroxylation is 1. The highest BCUT2D eigenvalue weighted by Crippen LogP contribution is 2.35. The van der Waals surface area contributed by atoms with Gasteiger partial charge in [-0.25, -0.2) is 0 Å². The molecule has 0 atom stereocenters. The minimum atomic E-state index is 1.00. The average Bonchev–Trinajstić information content (AvgIpc) is 2.66. The molecule has 21 heavy (non-hydrogen) atoms. The standard InChI is InChI=1S/C20H21N/c1-15-7-5-10-19-17(15)13-12-16-8-3-4-9-18(16)20(19)11-6-14-21-2/h3-5,7-13,21H,6,14H2,1-2H3/b20-11-. The van der Waals surface area contributed by atoms with E-state index in [9.17, 15) is 0 Å². The monoisotopic (exact) mass is 275 g/mol. The van der Waals surface area contributed by atoms with Gasteiger partial charge in [-0.05, 0) is 60.3 Å². The van der Waals surface area contributed by atoms with Gasteiger partial charge in [0.25, 0.3) is 0 Å². The van der Waals surface area contributed by atoms with Gasteiger partial charge >= 0.3 is 0 Å². The molecule has 0 radical (unpaired) electrons. The lowest BCUT2D eigenvalue weighted by molar-refractivity contribution is 0.808. The fourth-order valence-corrected chi connectivity index (χ4v) is 2.92. The lowest BCUT2D eigenvalue weighted by Crippen LogP contribution is -2.06. The van der Waals surface area contributed by atoms with Crippen LogP contribution in [0, 0.1) is 6.92 Å². The molecule has 0 aromatic heterocycles. The molecule has 3 rings (SSSR count). The third kappa shape index (κ3) is 2.70. The van der Waals surface area contributed by atoms with Gasteiger partial charge in [-0.15, -0.1) is 0 Å². The fraction of sp³-hybridized carbons (Fsp3) is 0.200. The van der Waals surface area contributed by atoms with Gasteiger partial charge in [-0.3, -0.25) is 0 Å². The van der Waals surface area contributed by atoms with Crippen LogP contribution in [0.1, 0.15) is 34.2 Å². The lowest BCUT2D eigenvalue weighted by Gasteiger charge is -2.13. The molecule has 0 saturated carbocycles. The van der Waals surface area contributed by atoms with E-state index in [1.165, 1.54) is 33.4 Å². The zero-order valence-corrected chi connectivity index (χ0v) is 12.7. The number of benzene rings is 2. The molecule has 1 aliphatic carbocycles. The molecule has 1 N–H and O–H groups in total. The predicted octanol–water partition coefficient (Wildman–Crippen LogP) is 4.52. The van der Waals surface area contributed by atoms with Crippen molar-refractivity contribution in [2.24, 2.45) is 0 Å². The molecular weight excluding hydrogens is 254 g/mol. The first-order chi connectivity index (χ1) is 10.3.